The van der Waals surface area contributed by atoms with Crippen LogP contribution in [0.15, 0.2) is 60.7 Å². The minimum Gasteiger partial charge on any atom is -0.368 e. The van der Waals surface area contributed by atoms with Crippen molar-refractivity contribution in [1.82, 2.24) is 5.06 Å². The first-order valence-electron chi connectivity index (χ1n) is 6.46. The van der Waals surface area contributed by atoms with Crippen molar-refractivity contribution in [3.05, 3.63) is 70.8 Å². The summed E-state index contributed by atoms with van der Waals surface area (Å²) in [4.78, 5) is 16.2. The second-order valence-corrected chi connectivity index (χ2v) is 4.31. The van der Waals surface area contributed by atoms with Gasteiger partial charge in [0.2, 0.25) is 11.9 Å². The van der Waals surface area contributed by atoms with Crippen LogP contribution >= 0.6 is 0 Å². The lowest BCUT2D eigenvalue weighted by Crippen LogP contribution is -2.48. The zero-order valence-corrected chi connectivity index (χ0v) is 11.9. The lowest BCUT2D eigenvalue weighted by Gasteiger charge is -2.29. The maximum Gasteiger partial charge on any atom is 0.317 e. The van der Waals surface area contributed by atoms with Gasteiger partial charge in [0.25, 0.3) is 0 Å². The highest BCUT2D eigenvalue weighted by Crippen LogP contribution is 2.26. The molecule has 0 aliphatic carbocycles. The molecule has 118 valence electrons. The number of benzene rings is 2. The number of para-hydroxylation sites is 2. The molecule has 0 heterocycles. The summed E-state index contributed by atoms with van der Waals surface area (Å²) in [6, 6.07) is 17.5. The fourth-order valence-corrected chi connectivity index (χ4v) is 1.90. The summed E-state index contributed by atoms with van der Waals surface area (Å²) in [5.74, 6) is -1.28. The van der Waals surface area contributed by atoms with Crippen molar-refractivity contribution < 1.29 is 10.0 Å². The van der Waals surface area contributed by atoms with Gasteiger partial charge in [0.1, 0.15) is 0 Å². The van der Waals surface area contributed by atoms with Crippen LogP contribution in [0, 0.1) is 20.9 Å². The first kappa shape index (κ1) is 15.8. The number of guanidine groups is 2. The molecule has 9 heteroatoms. The van der Waals surface area contributed by atoms with E-state index in [4.69, 9.17) is 16.6 Å². The summed E-state index contributed by atoms with van der Waals surface area (Å²) in [5.41, 5.74) is 6.41. The van der Waals surface area contributed by atoms with Crippen molar-refractivity contribution in [3.63, 3.8) is 0 Å². The first-order valence-corrected chi connectivity index (χ1v) is 6.46. The van der Waals surface area contributed by atoms with Gasteiger partial charge in [-0.25, -0.2) is 0 Å². The zero-order chi connectivity index (χ0) is 16.8. The van der Waals surface area contributed by atoms with E-state index in [-0.39, 0.29) is 0 Å². The van der Waals surface area contributed by atoms with Gasteiger partial charge < -0.3 is 5.73 Å². The number of hydrogen-bond acceptors (Lipinski definition) is 5. The normalized spacial score (nSPS) is 9.74. The fraction of sp³-hybridized carbons (Fsp3) is 0. The largest absolute Gasteiger partial charge is 0.368 e. The van der Waals surface area contributed by atoms with Crippen LogP contribution in [0.1, 0.15) is 0 Å². The monoisotopic (exact) mass is 314 g/mol. The molecule has 0 fully saturated rings. The van der Waals surface area contributed by atoms with E-state index in [2.05, 4.69) is 4.94 Å². The van der Waals surface area contributed by atoms with Crippen LogP contribution in [0.3, 0.4) is 0 Å². The maximum atomic E-state index is 10.6. The van der Waals surface area contributed by atoms with Crippen molar-refractivity contribution in [1.29, 1.82) is 10.8 Å². The minimum absolute atomic E-state index is 0.319. The number of anilines is 2. The molecule has 0 aliphatic rings. The number of hydroxylamine groups is 2. The molecule has 2 aromatic carbocycles. The van der Waals surface area contributed by atoms with Crippen molar-refractivity contribution in [2.75, 3.05) is 4.90 Å². The van der Waals surface area contributed by atoms with E-state index in [1.165, 1.54) is 4.90 Å². The van der Waals surface area contributed by atoms with Gasteiger partial charge in [-0.2, -0.15) is 4.94 Å². The van der Waals surface area contributed by atoms with Crippen LogP contribution in [0.5, 0.6) is 0 Å². The van der Waals surface area contributed by atoms with E-state index >= 15 is 0 Å². The molecule has 0 saturated carbocycles. The molecule has 23 heavy (non-hydrogen) atoms. The molecular weight excluding hydrogens is 300 g/mol. The molecule has 2 aromatic rings. The van der Waals surface area contributed by atoms with Gasteiger partial charge in [0.05, 0.1) is 0 Å². The van der Waals surface area contributed by atoms with Crippen LogP contribution < -0.4 is 10.6 Å². The Balaban J connectivity index is 2.47. The summed E-state index contributed by atoms with van der Waals surface area (Å²) in [7, 11) is 0. The Hall–Kier alpha value is -3.62. The number of nitrogens with one attached hydrogen (secondary N) is 2. The van der Waals surface area contributed by atoms with Gasteiger partial charge in [-0.3, -0.25) is 15.7 Å². The van der Waals surface area contributed by atoms with Gasteiger partial charge in [0.15, 0.2) is 0 Å². The summed E-state index contributed by atoms with van der Waals surface area (Å²) >= 11 is 0. The van der Waals surface area contributed by atoms with Crippen molar-refractivity contribution in [2.24, 2.45) is 5.73 Å². The molecule has 0 atom stereocenters. The molecule has 0 bridgehead atoms. The third-order valence-electron chi connectivity index (χ3n) is 2.80. The summed E-state index contributed by atoms with van der Waals surface area (Å²) in [6.45, 7) is 0. The van der Waals surface area contributed by atoms with Gasteiger partial charge in [-0.1, -0.05) is 36.4 Å². The van der Waals surface area contributed by atoms with Crippen molar-refractivity contribution in [2.45, 2.75) is 0 Å². The predicted octanol–water partition coefficient (Wildman–Crippen LogP) is 2.08. The second kappa shape index (κ2) is 6.89. The molecule has 0 radical (unpaired) electrons. The molecule has 0 unspecified atom stereocenters. The molecule has 2 rings (SSSR count). The van der Waals surface area contributed by atoms with Crippen LogP contribution in [-0.4, -0.2) is 22.1 Å². The lowest BCUT2D eigenvalue weighted by molar-refractivity contribution is -0.795. The Morgan fingerprint density at radius 3 is 1.78 bits per heavy atom. The van der Waals surface area contributed by atoms with Crippen LogP contribution in [0.2, 0.25) is 0 Å². The molecule has 9 nitrogen and oxygen atoms in total. The molecule has 0 saturated heterocycles. The van der Waals surface area contributed by atoms with Gasteiger partial charge in [-0.15, -0.1) is 15.2 Å². The Labute approximate surface area is 131 Å². The van der Waals surface area contributed by atoms with Gasteiger partial charge >= 0.3 is 5.09 Å². The standard InChI is InChI=1S/C14H14N6O3/c15-13(16)19(23-20(21)22)14(17)18(11-7-3-1-4-8-11)12-9-5-2-6-10-12/h1-10,17H,(H3,15,16). The highest BCUT2D eigenvalue weighted by molar-refractivity contribution is 6.07. The molecule has 0 aromatic heterocycles. The summed E-state index contributed by atoms with van der Waals surface area (Å²) < 4.78 is 0. The van der Waals surface area contributed by atoms with Crippen LogP contribution in [0.25, 0.3) is 0 Å². The minimum atomic E-state index is -1.13. The highest BCUT2D eigenvalue weighted by Gasteiger charge is 2.25. The topological polar surface area (TPSA) is 133 Å². The highest BCUT2D eigenvalue weighted by atomic mass is 17.0. The van der Waals surface area contributed by atoms with E-state index in [1.54, 1.807) is 60.7 Å². The molecule has 4 N–H and O–H groups in total. The Bertz CT molecular complexity index is 667. The average molecular weight is 314 g/mol. The smallest absolute Gasteiger partial charge is 0.317 e. The fourth-order valence-electron chi connectivity index (χ4n) is 1.90. The first-order chi connectivity index (χ1) is 11.0. The Morgan fingerprint density at radius 2 is 1.43 bits per heavy atom. The third kappa shape index (κ3) is 3.73. The molecule has 0 aliphatic heterocycles. The van der Waals surface area contributed by atoms with Gasteiger partial charge in [-0.05, 0) is 24.3 Å². The van der Waals surface area contributed by atoms with E-state index in [1.807, 2.05) is 0 Å². The SMILES string of the molecule is N=C(N)N(O[N+](=O)[O-])C(=N)N(c1ccccc1)c1ccccc1. The van der Waals surface area contributed by atoms with Crippen molar-refractivity contribution >= 4 is 23.3 Å². The predicted molar refractivity (Wildman–Crippen MR) is 84.6 cm³/mol. The maximum absolute atomic E-state index is 10.6. The average Bonchev–Trinajstić information content (AvgIpc) is 2.54. The van der Waals surface area contributed by atoms with E-state index in [0.717, 1.165) is 0 Å². The van der Waals surface area contributed by atoms with Gasteiger partial charge in [0, 0.05) is 11.4 Å². The number of nitrogens with zero attached hydrogens (tertiary/aromatic N) is 3. The summed E-state index contributed by atoms with van der Waals surface area (Å²) in [6.07, 6.45) is 0. The summed E-state index contributed by atoms with van der Waals surface area (Å²) in [5, 5.41) is 25.4. The van der Waals surface area contributed by atoms with E-state index in [0.29, 0.717) is 16.4 Å². The number of rotatable bonds is 4. The van der Waals surface area contributed by atoms with Crippen molar-refractivity contribution in [3.8, 4) is 0 Å². The quantitative estimate of drug-likeness (QED) is 0.342. The second-order valence-electron chi connectivity index (χ2n) is 4.31. The lowest BCUT2D eigenvalue weighted by atomic mass is 10.2. The van der Waals surface area contributed by atoms with Crippen LogP contribution in [0.4, 0.5) is 11.4 Å². The van der Waals surface area contributed by atoms with Crippen LogP contribution in [-0.2, 0) is 4.94 Å². The Morgan fingerprint density at radius 1 is 1.00 bits per heavy atom. The Kier molecular flexibility index (Phi) is 4.72. The number of hydrogen-bond donors (Lipinski definition) is 3. The number of nitrogens with two attached hydrogens (primary N) is 1. The molecular formula is C14H14N6O3. The molecule has 0 spiro atoms. The van der Waals surface area contributed by atoms with E-state index < -0.39 is 17.0 Å². The zero-order valence-electron chi connectivity index (χ0n) is 11.9. The van der Waals surface area contributed by atoms with E-state index in [9.17, 15) is 10.1 Å². The third-order valence-corrected chi connectivity index (χ3v) is 2.80. The molecule has 0 amide bonds.